The fourth-order valence-electron chi connectivity index (χ4n) is 2.48. The van der Waals surface area contributed by atoms with Gasteiger partial charge < -0.3 is 4.90 Å². The molecule has 2 rings (SSSR count). The van der Waals surface area contributed by atoms with E-state index in [1.54, 1.807) is 30.4 Å². The lowest BCUT2D eigenvalue weighted by Crippen LogP contribution is -2.36. The van der Waals surface area contributed by atoms with Crippen molar-refractivity contribution in [3.05, 3.63) is 60.2 Å². The van der Waals surface area contributed by atoms with Crippen LogP contribution in [0.25, 0.3) is 0 Å². The molecule has 0 saturated heterocycles. The molecule has 140 valence electrons. The Hall–Kier alpha value is -2.48. The number of benzene rings is 1. The maximum Gasteiger partial charge on any atom is 0.232 e. The Morgan fingerprint density at radius 3 is 2.38 bits per heavy atom. The van der Waals surface area contributed by atoms with Crippen molar-refractivity contribution in [3.63, 3.8) is 0 Å². The Balaban J connectivity index is 1.97. The minimum Gasteiger partial charge on any atom is -0.345 e. The van der Waals surface area contributed by atoms with E-state index < -0.39 is 15.8 Å². The van der Waals surface area contributed by atoms with E-state index in [9.17, 15) is 17.6 Å². The summed E-state index contributed by atoms with van der Waals surface area (Å²) in [7, 11) is -2.04. The number of carbonyl (C=O) groups is 1. The summed E-state index contributed by atoms with van der Waals surface area (Å²) in [6.45, 7) is 0.389. The molecule has 1 heterocycles. The maximum absolute atomic E-state index is 14.0. The van der Waals surface area contributed by atoms with E-state index in [1.165, 1.54) is 18.2 Å². The standard InChI is InChI=1S/C18H22FN3O3S/c1-21(13-9-15-7-11-20-12-8-15)18(23)10-14-22(26(2,24)25)17-6-4-3-5-16(17)19/h3-8,11-12H,9-10,13-14H2,1-2H3. The van der Waals surface area contributed by atoms with E-state index in [4.69, 9.17) is 0 Å². The third-order valence-electron chi connectivity index (χ3n) is 3.96. The van der Waals surface area contributed by atoms with Crippen LogP contribution < -0.4 is 4.31 Å². The van der Waals surface area contributed by atoms with Crippen molar-refractivity contribution in [2.24, 2.45) is 0 Å². The van der Waals surface area contributed by atoms with E-state index in [2.05, 4.69) is 4.98 Å². The topological polar surface area (TPSA) is 70.6 Å². The summed E-state index contributed by atoms with van der Waals surface area (Å²) >= 11 is 0. The van der Waals surface area contributed by atoms with Crippen molar-refractivity contribution in [2.45, 2.75) is 12.8 Å². The molecule has 0 spiro atoms. The molecule has 2 aromatic rings. The molecular weight excluding hydrogens is 357 g/mol. The van der Waals surface area contributed by atoms with Gasteiger partial charge in [0, 0.05) is 39.0 Å². The van der Waals surface area contributed by atoms with Crippen molar-refractivity contribution in [1.82, 2.24) is 9.88 Å². The highest BCUT2D eigenvalue weighted by Gasteiger charge is 2.22. The molecule has 0 aliphatic rings. The number of pyridine rings is 1. The van der Waals surface area contributed by atoms with Gasteiger partial charge in [-0.3, -0.25) is 14.1 Å². The van der Waals surface area contributed by atoms with Crippen LogP contribution in [0.1, 0.15) is 12.0 Å². The van der Waals surface area contributed by atoms with E-state index in [-0.39, 0.29) is 24.6 Å². The minimum atomic E-state index is -3.70. The first-order valence-corrected chi connectivity index (χ1v) is 9.99. The monoisotopic (exact) mass is 379 g/mol. The van der Waals surface area contributed by atoms with Crippen molar-refractivity contribution in [3.8, 4) is 0 Å². The quantitative estimate of drug-likeness (QED) is 0.704. The molecule has 0 aliphatic carbocycles. The number of likely N-dealkylation sites (N-methyl/N-ethyl adjacent to an activating group) is 1. The maximum atomic E-state index is 14.0. The first kappa shape index (κ1) is 19.8. The predicted molar refractivity (Wildman–Crippen MR) is 98.8 cm³/mol. The summed E-state index contributed by atoms with van der Waals surface area (Å²) in [5, 5.41) is 0. The average Bonchev–Trinajstić information content (AvgIpc) is 2.61. The minimum absolute atomic E-state index is 0.0335. The van der Waals surface area contributed by atoms with Crippen molar-refractivity contribution in [1.29, 1.82) is 0 Å². The van der Waals surface area contributed by atoms with Gasteiger partial charge in [0.05, 0.1) is 11.9 Å². The summed E-state index contributed by atoms with van der Waals surface area (Å²) in [4.78, 5) is 17.8. The number of amides is 1. The Bertz CT molecular complexity index is 844. The Morgan fingerprint density at radius 2 is 1.77 bits per heavy atom. The third kappa shape index (κ3) is 5.52. The molecule has 0 saturated carbocycles. The van der Waals surface area contributed by atoms with Gasteiger partial charge in [0.25, 0.3) is 0 Å². The lowest BCUT2D eigenvalue weighted by atomic mass is 10.2. The lowest BCUT2D eigenvalue weighted by Gasteiger charge is -2.24. The second-order valence-electron chi connectivity index (χ2n) is 5.96. The highest BCUT2D eigenvalue weighted by atomic mass is 32.2. The lowest BCUT2D eigenvalue weighted by molar-refractivity contribution is -0.129. The molecule has 0 fully saturated rings. The highest BCUT2D eigenvalue weighted by molar-refractivity contribution is 7.92. The van der Waals surface area contributed by atoms with Gasteiger partial charge >= 0.3 is 0 Å². The zero-order valence-corrected chi connectivity index (χ0v) is 15.6. The van der Waals surface area contributed by atoms with E-state index in [0.717, 1.165) is 16.1 Å². The van der Waals surface area contributed by atoms with Gasteiger partial charge in [0.1, 0.15) is 5.82 Å². The smallest absolute Gasteiger partial charge is 0.232 e. The number of rotatable bonds is 8. The average molecular weight is 379 g/mol. The number of hydrogen-bond acceptors (Lipinski definition) is 4. The number of sulfonamides is 1. The molecule has 26 heavy (non-hydrogen) atoms. The van der Waals surface area contributed by atoms with E-state index >= 15 is 0 Å². The zero-order chi connectivity index (χ0) is 19.2. The van der Waals surface area contributed by atoms with Gasteiger partial charge in [-0.25, -0.2) is 12.8 Å². The third-order valence-corrected chi connectivity index (χ3v) is 5.14. The zero-order valence-electron chi connectivity index (χ0n) is 14.8. The Morgan fingerprint density at radius 1 is 1.12 bits per heavy atom. The summed E-state index contributed by atoms with van der Waals surface area (Å²) in [6.07, 6.45) is 5.02. The van der Waals surface area contributed by atoms with Gasteiger partial charge in [-0.05, 0) is 36.2 Å². The molecule has 0 atom stereocenters. The number of hydrogen-bond donors (Lipinski definition) is 0. The highest BCUT2D eigenvalue weighted by Crippen LogP contribution is 2.21. The molecular formula is C18H22FN3O3S. The number of para-hydroxylation sites is 1. The van der Waals surface area contributed by atoms with Crippen LogP contribution in [-0.2, 0) is 21.2 Å². The second kappa shape index (κ2) is 8.75. The van der Waals surface area contributed by atoms with Crippen LogP contribution in [0, 0.1) is 5.82 Å². The number of anilines is 1. The summed E-state index contributed by atoms with van der Waals surface area (Å²) in [5.41, 5.74) is 1.01. The molecule has 6 nitrogen and oxygen atoms in total. The Kier molecular flexibility index (Phi) is 6.68. The molecule has 0 N–H and O–H groups in total. The van der Waals surface area contributed by atoms with Gasteiger partial charge in [-0.1, -0.05) is 12.1 Å². The summed E-state index contributed by atoms with van der Waals surface area (Å²) in [5.74, 6) is -0.847. The van der Waals surface area contributed by atoms with Crippen molar-refractivity contribution < 1.29 is 17.6 Å². The van der Waals surface area contributed by atoms with Crippen LogP contribution in [0.4, 0.5) is 10.1 Å². The molecule has 1 aromatic heterocycles. The molecule has 1 aromatic carbocycles. The molecule has 8 heteroatoms. The predicted octanol–water partition coefficient (Wildman–Crippen LogP) is 2.08. The van der Waals surface area contributed by atoms with Crippen LogP contribution in [0.3, 0.4) is 0 Å². The van der Waals surface area contributed by atoms with Crippen LogP contribution in [0.2, 0.25) is 0 Å². The number of nitrogens with zero attached hydrogens (tertiary/aromatic N) is 3. The van der Waals surface area contributed by atoms with Crippen LogP contribution in [0.5, 0.6) is 0 Å². The number of carbonyl (C=O) groups excluding carboxylic acids is 1. The molecule has 0 radical (unpaired) electrons. The van der Waals surface area contributed by atoms with E-state index in [1.807, 2.05) is 12.1 Å². The van der Waals surface area contributed by atoms with Crippen LogP contribution in [-0.4, -0.2) is 50.6 Å². The van der Waals surface area contributed by atoms with Gasteiger partial charge in [0.15, 0.2) is 0 Å². The molecule has 1 amide bonds. The van der Waals surface area contributed by atoms with Crippen LogP contribution >= 0.6 is 0 Å². The van der Waals surface area contributed by atoms with Crippen LogP contribution in [0.15, 0.2) is 48.8 Å². The molecule has 0 bridgehead atoms. The second-order valence-corrected chi connectivity index (χ2v) is 7.86. The normalized spacial score (nSPS) is 11.2. The number of aromatic nitrogens is 1. The summed E-state index contributed by atoms with van der Waals surface area (Å²) in [6, 6.07) is 9.37. The molecule has 0 unspecified atom stereocenters. The van der Waals surface area contributed by atoms with Gasteiger partial charge in [-0.15, -0.1) is 0 Å². The van der Waals surface area contributed by atoms with E-state index in [0.29, 0.717) is 13.0 Å². The first-order chi connectivity index (χ1) is 12.3. The molecule has 0 aliphatic heterocycles. The van der Waals surface area contributed by atoms with Crippen molar-refractivity contribution >= 4 is 21.6 Å². The fraction of sp³-hybridized carbons (Fsp3) is 0.333. The SMILES string of the molecule is CN(CCc1ccncc1)C(=O)CCN(c1ccccc1F)S(C)(=O)=O. The Labute approximate surface area is 153 Å². The number of halogens is 1. The van der Waals surface area contributed by atoms with Gasteiger partial charge in [0.2, 0.25) is 15.9 Å². The fourth-order valence-corrected chi connectivity index (χ4v) is 3.41. The van der Waals surface area contributed by atoms with Gasteiger partial charge in [-0.2, -0.15) is 0 Å². The van der Waals surface area contributed by atoms with Crippen molar-refractivity contribution in [2.75, 3.05) is 30.7 Å². The summed E-state index contributed by atoms with van der Waals surface area (Å²) < 4.78 is 38.9. The largest absolute Gasteiger partial charge is 0.345 e. The first-order valence-electron chi connectivity index (χ1n) is 8.14.